The highest BCUT2D eigenvalue weighted by Gasteiger charge is 2.31. The van der Waals surface area contributed by atoms with E-state index >= 15 is 0 Å². The number of aryl methyl sites for hydroxylation is 1. The van der Waals surface area contributed by atoms with Crippen molar-refractivity contribution in [1.29, 1.82) is 0 Å². The molecule has 0 fully saturated rings. The Morgan fingerprint density at radius 2 is 1.68 bits per heavy atom. The van der Waals surface area contributed by atoms with Gasteiger partial charge in [0.15, 0.2) is 0 Å². The summed E-state index contributed by atoms with van der Waals surface area (Å²) >= 11 is 12.2. The Balaban J connectivity index is 2.19. The van der Waals surface area contributed by atoms with Gasteiger partial charge in [0.2, 0.25) is 0 Å². The van der Waals surface area contributed by atoms with Gasteiger partial charge in [-0.2, -0.15) is 13.2 Å². The molecule has 128 valence electrons. The molecule has 0 bridgehead atoms. The molecule has 3 aromatic rings. The van der Waals surface area contributed by atoms with Crippen molar-refractivity contribution in [3.8, 4) is 22.4 Å². The number of alkyl halides is 3. The van der Waals surface area contributed by atoms with E-state index in [4.69, 9.17) is 23.2 Å². The van der Waals surface area contributed by atoms with Crippen LogP contribution in [0.4, 0.5) is 13.2 Å². The molecule has 0 saturated carbocycles. The molecule has 1 heterocycles. The number of nitrogens with zero attached hydrogens (tertiary/aromatic N) is 1. The molecule has 0 aliphatic heterocycles. The van der Waals surface area contributed by atoms with Crippen LogP contribution in [0.15, 0.2) is 54.7 Å². The van der Waals surface area contributed by atoms with Crippen molar-refractivity contribution in [2.24, 2.45) is 0 Å². The zero-order valence-electron chi connectivity index (χ0n) is 13.0. The van der Waals surface area contributed by atoms with E-state index in [2.05, 4.69) is 4.98 Å². The zero-order chi connectivity index (χ0) is 18.2. The third-order valence-electron chi connectivity index (χ3n) is 3.73. The lowest BCUT2D eigenvalue weighted by molar-refractivity contribution is -0.137. The Morgan fingerprint density at radius 1 is 0.920 bits per heavy atom. The van der Waals surface area contributed by atoms with Gasteiger partial charge in [0.1, 0.15) is 0 Å². The van der Waals surface area contributed by atoms with Crippen LogP contribution in [0, 0.1) is 6.92 Å². The second kappa shape index (κ2) is 6.70. The lowest BCUT2D eigenvalue weighted by Gasteiger charge is -2.13. The van der Waals surface area contributed by atoms with E-state index in [1.807, 2.05) is 31.2 Å². The first-order valence-corrected chi connectivity index (χ1v) is 8.11. The fourth-order valence-corrected chi connectivity index (χ4v) is 3.01. The van der Waals surface area contributed by atoms with Crippen LogP contribution in [0.2, 0.25) is 10.0 Å². The van der Waals surface area contributed by atoms with Crippen LogP contribution in [0.25, 0.3) is 22.4 Å². The highest BCUT2D eigenvalue weighted by molar-refractivity contribution is 6.33. The van der Waals surface area contributed by atoms with Crippen LogP contribution >= 0.6 is 23.2 Å². The first kappa shape index (κ1) is 17.8. The van der Waals surface area contributed by atoms with E-state index in [9.17, 15) is 13.2 Å². The Labute approximate surface area is 153 Å². The van der Waals surface area contributed by atoms with Crippen LogP contribution in [0.5, 0.6) is 0 Å². The molecule has 0 aliphatic rings. The van der Waals surface area contributed by atoms with E-state index in [0.29, 0.717) is 10.6 Å². The Bertz CT molecular complexity index is 936. The van der Waals surface area contributed by atoms with Gasteiger partial charge in [-0.15, -0.1) is 0 Å². The van der Waals surface area contributed by atoms with Crippen LogP contribution in [-0.4, -0.2) is 4.98 Å². The molecule has 6 heteroatoms. The predicted molar refractivity (Wildman–Crippen MR) is 94.9 cm³/mol. The summed E-state index contributed by atoms with van der Waals surface area (Å²) in [6, 6.07) is 13.7. The standard InChI is InChI=1S/C19H12Cl2F3N/c1-11-3-2-4-12(7-11)16-9-14(20)5-6-15(16)18-17(21)8-13(10-25-18)19(22,23)24/h2-10H,1H3. The molecule has 0 radical (unpaired) electrons. The van der Waals surface area contributed by atoms with E-state index < -0.39 is 11.7 Å². The lowest BCUT2D eigenvalue weighted by Crippen LogP contribution is -2.06. The third-order valence-corrected chi connectivity index (χ3v) is 4.26. The number of hydrogen-bond acceptors (Lipinski definition) is 1. The van der Waals surface area contributed by atoms with Gasteiger partial charge in [0, 0.05) is 16.8 Å². The third kappa shape index (κ3) is 3.80. The summed E-state index contributed by atoms with van der Waals surface area (Å²) in [6.45, 7) is 1.96. The molecule has 0 atom stereocenters. The van der Waals surface area contributed by atoms with Crippen molar-refractivity contribution in [3.63, 3.8) is 0 Å². The Kier molecular flexibility index (Phi) is 4.76. The predicted octanol–water partition coefficient (Wildman–Crippen LogP) is 7.05. The summed E-state index contributed by atoms with van der Waals surface area (Å²) < 4.78 is 38.5. The van der Waals surface area contributed by atoms with Crippen molar-refractivity contribution >= 4 is 23.2 Å². The van der Waals surface area contributed by atoms with Crippen LogP contribution in [0.3, 0.4) is 0 Å². The summed E-state index contributed by atoms with van der Waals surface area (Å²) in [5.74, 6) is 0. The van der Waals surface area contributed by atoms with Gasteiger partial charge >= 0.3 is 6.18 Å². The number of hydrogen-bond donors (Lipinski definition) is 0. The zero-order valence-corrected chi connectivity index (χ0v) is 14.5. The van der Waals surface area contributed by atoms with E-state index in [1.54, 1.807) is 18.2 Å². The Hall–Kier alpha value is -2.04. The minimum Gasteiger partial charge on any atom is -0.254 e. The second-order valence-corrected chi connectivity index (χ2v) is 6.46. The molecule has 3 rings (SSSR count). The quantitative estimate of drug-likeness (QED) is 0.463. The minimum absolute atomic E-state index is 0.0638. The molecular formula is C19H12Cl2F3N. The first-order valence-electron chi connectivity index (χ1n) is 7.35. The van der Waals surface area contributed by atoms with Crippen molar-refractivity contribution in [2.75, 3.05) is 0 Å². The number of rotatable bonds is 2. The number of pyridine rings is 1. The number of halogens is 5. The normalized spacial score (nSPS) is 11.6. The van der Waals surface area contributed by atoms with Crippen LogP contribution in [0.1, 0.15) is 11.1 Å². The fraction of sp³-hybridized carbons (Fsp3) is 0.105. The van der Waals surface area contributed by atoms with Gasteiger partial charge in [-0.25, -0.2) is 0 Å². The van der Waals surface area contributed by atoms with Gasteiger partial charge in [-0.05, 0) is 36.2 Å². The number of aromatic nitrogens is 1. The fourth-order valence-electron chi connectivity index (χ4n) is 2.57. The number of benzene rings is 2. The minimum atomic E-state index is -4.49. The molecule has 0 amide bonds. The maximum atomic E-state index is 12.8. The summed E-state index contributed by atoms with van der Waals surface area (Å²) in [7, 11) is 0. The summed E-state index contributed by atoms with van der Waals surface area (Å²) in [5.41, 5.74) is 2.71. The second-order valence-electron chi connectivity index (χ2n) is 5.61. The lowest BCUT2D eigenvalue weighted by atomic mass is 9.96. The molecule has 0 spiro atoms. The first-order chi connectivity index (χ1) is 11.8. The van der Waals surface area contributed by atoms with E-state index in [1.165, 1.54) is 0 Å². The topological polar surface area (TPSA) is 12.9 Å². The van der Waals surface area contributed by atoms with Crippen LogP contribution in [-0.2, 0) is 6.18 Å². The van der Waals surface area contributed by atoms with Gasteiger partial charge in [-0.3, -0.25) is 4.98 Å². The molecule has 0 saturated heterocycles. The maximum Gasteiger partial charge on any atom is 0.417 e. The largest absolute Gasteiger partial charge is 0.417 e. The van der Waals surface area contributed by atoms with Crippen molar-refractivity contribution in [2.45, 2.75) is 13.1 Å². The molecule has 25 heavy (non-hydrogen) atoms. The van der Waals surface area contributed by atoms with Gasteiger partial charge < -0.3 is 0 Å². The van der Waals surface area contributed by atoms with Crippen LogP contribution < -0.4 is 0 Å². The van der Waals surface area contributed by atoms with Gasteiger partial charge in [0.25, 0.3) is 0 Å². The van der Waals surface area contributed by atoms with Gasteiger partial charge in [-0.1, -0.05) is 59.1 Å². The molecule has 2 aromatic carbocycles. The average molecular weight is 382 g/mol. The maximum absolute atomic E-state index is 12.8. The van der Waals surface area contributed by atoms with Crippen molar-refractivity contribution in [3.05, 3.63) is 75.9 Å². The molecule has 0 N–H and O–H groups in total. The highest BCUT2D eigenvalue weighted by Crippen LogP contribution is 2.39. The summed E-state index contributed by atoms with van der Waals surface area (Å²) in [4.78, 5) is 3.96. The molecule has 0 unspecified atom stereocenters. The van der Waals surface area contributed by atoms with E-state index in [-0.39, 0.29) is 10.7 Å². The highest BCUT2D eigenvalue weighted by atomic mass is 35.5. The molecule has 0 aliphatic carbocycles. The van der Waals surface area contributed by atoms with Crippen molar-refractivity contribution in [1.82, 2.24) is 4.98 Å². The molecule has 1 nitrogen and oxygen atoms in total. The monoisotopic (exact) mass is 381 g/mol. The van der Waals surface area contributed by atoms with Gasteiger partial charge in [0.05, 0.1) is 16.3 Å². The van der Waals surface area contributed by atoms with E-state index in [0.717, 1.165) is 29.0 Å². The molecular weight excluding hydrogens is 370 g/mol. The summed E-state index contributed by atoms with van der Waals surface area (Å²) in [5, 5.41) is 0.453. The molecule has 1 aromatic heterocycles. The summed E-state index contributed by atoms with van der Waals surface area (Å²) in [6.07, 6.45) is -3.70. The van der Waals surface area contributed by atoms with Crippen molar-refractivity contribution < 1.29 is 13.2 Å². The SMILES string of the molecule is Cc1cccc(-c2cc(Cl)ccc2-c2ncc(C(F)(F)F)cc2Cl)c1. The Morgan fingerprint density at radius 3 is 2.32 bits per heavy atom. The average Bonchev–Trinajstić information content (AvgIpc) is 2.54. The smallest absolute Gasteiger partial charge is 0.254 e.